The Kier molecular flexibility index (Phi) is 3.78. The second-order valence-corrected chi connectivity index (χ2v) is 4.91. The summed E-state index contributed by atoms with van der Waals surface area (Å²) in [6, 6.07) is 1.15. The predicted octanol–water partition coefficient (Wildman–Crippen LogP) is 2.19. The first-order chi connectivity index (χ1) is 9.02. The Morgan fingerprint density at radius 1 is 1.37 bits per heavy atom. The molecule has 0 spiro atoms. The molecule has 0 bridgehead atoms. The Bertz CT molecular complexity index is 498. The lowest BCUT2D eigenvalue weighted by molar-refractivity contribution is -0.150. The molecule has 1 aliphatic carbocycles. The fourth-order valence-electron chi connectivity index (χ4n) is 2.51. The van der Waals surface area contributed by atoms with E-state index in [0.29, 0.717) is 12.8 Å². The van der Waals surface area contributed by atoms with Crippen LogP contribution >= 0.6 is 0 Å². The molecule has 1 fully saturated rings. The number of hydrogen-bond donors (Lipinski definition) is 2. The number of aliphatic carboxylic acids is 1. The summed E-state index contributed by atoms with van der Waals surface area (Å²) in [5.41, 5.74) is -0.728. The van der Waals surface area contributed by atoms with Crippen LogP contribution < -0.4 is 5.32 Å². The van der Waals surface area contributed by atoms with Crippen LogP contribution in [0.5, 0.6) is 0 Å². The van der Waals surface area contributed by atoms with Gasteiger partial charge < -0.3 is 10.4 Å². The van der Waals surface area contributed by atoms with E-state index in [9.17, 15) is 19.1 Å². The van der Waals surface area contributed by atoms with Crippen LogP contribution in [0.1, 0.15) is 32.1 Å². The maximum atomic E-state index is 12.9. The van der Waals surface area contributed by atoms with Gasteiger partial charge in [0.2, 0.25) is 5.91 Å². The van der Waals surface area contributed by atoms with Crippen molar-refractivity contribution in [3.05, 3.63) is 24.3 Å². The summed E-state index contributed by atoms with van der Waals surface area (Å²) in [7, 11) is 0. The van der Waals surface area contributed by atoms with Crippen molar-refractivity contribution in [3.63, 3.8) is 0 Å². The number of carbonyl (C=O) groups excluding carboxylic acids is 1. The van der Waals surface area contributed by atoms with Crippen LogP contribution in [-0.4, -0.2) is 22.0 Å². The molecular formula is C13H15FN2O3. The molecule has 102 valence electrons. The molecule has 2 N–H and O–H groups in total. The second-order valence-electron chi connectivity index (χ2n) is 4.91. The first-order valence-electron chi connectivity index (χ1n) is 6.16. The van der Waals surface area contributed by atoms with E-state index in [4.69, 9.17) is 0 Å². The molecule has 1 saturated carbocycles. The van der Waals surface area contributed by atoms with Crippen molar-refractivity contribution in [3.8, 4) is 0 Å². The fourth-order valence-corrected chi connectivity index (χ4v) is 2.51. The molecule has 6 heteroatoms. The number of amides is 1. The zero-order valence-corrected chi connectivity index (χ0v) is 10.4. The minimum atomic E-state index is -0.967. The summed E-state index contributed by atoms with van der Waals surface area (Å²) in [6.45, 7) is 0. The van der Waals surface area contributed by atoms with Crippen molar-refractivity contribution >= 4 is 17.6 Å². The van der Waals surface area contributed by atoms with Gasteiger partial charge >= 0.3 is 5.97 Å². The topological polar surface area (TPSA) is 79.3 Å². The summed E-state index contributed by atoms with van der Waals surface area (Å²) in [5, 5.41) is 11.8. The quantitative estimate of drug-likeness (QED) is 0.875. The SMILES string of the molecule is O=C(CC1(C(=O)O)CCCC1)Nc1cncc(F)c1. The molecule has 1 aliphatic rings. The van der Waals surface area contributed by atoms with Crippen molar-refractivity contribution in [2.75, 3.05) is 5.32 Å². The second kappa shape index (κ2) is 5.34. The largest absolute Gasteiger partial charge is 0.481 e. The molecule has 1 amide bonds. The summed E-state index contributed by atoms with van der Waals surface area (Å²) < 4.78 is 12.9. The molecule has 1 heterocycles. The lowest BCUT2D eigenvalue weighted by Gasteiger charge is -2.22. The number of anilines is 1. The number of nitrogens with one attached hydrogen (secondary N) is 1. The van der Waals surface area contributed by atoms with Crippen molar-refractivity contribution in [1.82, 2.24) is 4.98 Å². The highest BCUT2D eigenvalue weighted by Gasteiger charge is 2.42. The van der Waals surface area contributed by atoms with Crippen LogP contribution in [0.15, 0.2) is 18.5 Å². The van der Waals surface area contributed by atoms with Gasteiger partial charge in [-0.25, -0.2) is 4.39 Å². The Morgan fingerprint density at radius 2 is 2.05 bits per heavy atom. The Balaban J connectivity index is 2.02. The standard InChI is InChI=1S/C13H15FN2O3/c14-9-5-10(8-15-7-9)16-11(17)6-13(12(18)19)3-1-2-4-13/h5,7-8H,1-4,6H2,(H,16,17)(H,18,19). The van der Waals surface area contributed by atoms with Crippen LogP contribution in [0.25, 0.3) is 0 Å². The molecule has 0 aliphatic heterocycles. The first kappa shape index (κ1) is 13.5. The van der Waals surface area contributed by atoms with Crippen molar-refractivity contribution in [1.29, 1.82) is 0 Å². The van der Waals surface area contributed by atoms with Gasteiger partial charge in [-0.15, -0.1) is 0 Å². The van der Waals surface area contributed by atoms with Gasteiger partial charge in [0.15, 0.2) is 0 Å². The third kappa shape index (κ3) is 3.07. The first-order valence-corrected chi connectivity index (χ1v) is 6.16. The van der Waals surface area contributed by atoms with E-state index in [1.165, 1.54) is 6.20 Å². The van der Waals surface area contributed by atoms with Crippen molar-refractivity contribution in [2.24, 2.45) is 5.41 Å². The summed E-state index contributed by atoms with van der Waals surface area (Å²) in [6.07, 6.45) is 4.93. The third-order valence-electron chi connectivity index (χ3n) is 3.50. The van der Waals surface area contributed by atoms with Crippen LogP contribution in [0, 0.1) is 11.2 Å². The molecule has 19 heavy (non-hydrogen) atoms. The molecule has 1 aromatic heterocycles. The summed E-state index contributed by atoms with van der Waals surface area (Å²) >= 11 is 0. The van der Waals surface area contributed by atoms with E-state index in [1.54, 1.807) is 0 Å². The average Bonchev–Trinajstić information content (AvgIpc) is 2.78. The monoisotopic (exact) mass is 266 g/mol. The van der Waals surface area contributed by atoms with Gasteiger partial charge in [0, 0.05) is 12.5 Å². The normalized spacial score (nSPS) is 17.1. The number of aromatic nitrogens is 1. The molecule has 0 unspecified atom stereocenters. The average molecular weight is 266 g/mol. The number of pyridine rings is 1. The number of hydrogen-bond acceptors (Lipinski definition) is 3. The Labute approximate surface area is 109 Å². The number of halogens is 1. The molecule has 1 aromatic rings. The molecule has 0 radical (unpaired) electrons. The van der Waals surface area contributed by atoms with E-state index < -0.39 is 23.1 Å². The fraction of sp³-hybridized carbons (Fsp3) is 0.462. The van der Waals surface area contributed by atoms with E-state index in [0.717, 1.165) is 25.1 Å². The molecule has 5 nitrogen and oxygen atoms in total. The van der Waals surface area contributed by atoms with E-state index in [1.807, 2.05) is 0 Å². The van der Waals surface area contributed by atoms with E-state index in [-0.39, 0.29) is 12.1 Å². The molecule has 2 rings (SSSR count). The highest BCUT2D eigenvalue weighted by Crippen LogP contribution is 2.41. The maximum absolute atomic E-state index is 12.9. The predicted molar refractivity (Wildman–Crippen MR) is 66.0 cm³/mol. The van der Waals surface area contributed by atoms with Gasteiger partial charge in [-0.05, 0) is 12.8 Å². The van der Waals surface area contributed by atoms with E-state index in [2.05, 4.69) is 10.3 Å². The minimum Gasteiger partial charge on any atom is -0.481 e. The zero-order chi connectivity index (χ0) is 13.9. The van der Waals surface area contributed by atoms with Gasteiger partial charge in [-0.1, -0.05) is 12.8 Å². The molecule has 0 atom stereocenters. The number of rotatable bonds is 4. The lowest BCUT2D eigenvalue weighted by Crippen LogP contribution is -2.32. The van der Waals surface area contributed by atoms with Gasteiger partial charge in [0.25, 0.3) is 0 Å². The van der Waals surface area contributed by atoms with Crippen LogP contribution in [-0.2, 0) is 9.59 Å². The highest BCUT2D eigenvalue weighted by molar-refractivity contribution is 5.94. The number of carbonyl (C=O) groups is 2. The van der Waals surface area contributed by atoms with Crippen molar-refractivity contribution in [2.45, 2.75) is 32.1 Å². The summed E-state index contributed by atoms with van der Waals surface area (Å²) in [4.78, 5) is 26.8. The smallest absolute Gasteiger partial charge is 0.310 e. The van der Waals surface area contributed by atoms with Gasteiger partial charge in [0.1, 0.15) is 5.82 Å². The number of carboxylic acid groups (broad SMARTS) is 1. The molecule has 0 aromatic carbocycles. The van der Waals surface area contributed by atoms with E-state index >= 15 is 0 Å². The minimum absolute atomic E-state index is 0.0845. The van der Waals surface area contributed by atoms with Crippen molar-refractivity contribution < 1.29 is 19.1 Å². The Hall–Kier alpha value is -1.98. The number of nitrogens with zero attached hydrogens (tertiary/aromatic N) is 1. The highest BCUT2D eigenvalue weighted by atomic mass is 19.1. The van der Waals surface area contributed by atoms with Gasteiger partial charge in [0.05, 0.1) is 23.5 Å². The molecular weight excluding hydrogens is 251 g/mol. The van der Waals surface area contributed by atoms with Gasteiger partial charge in [-0.2, -0.15) is 0 Å². The molecule has 0 saturated heterocycles. The number of carboxylic acids is 1. The van der Waals surface area contributed by atoms with Crippen LogP contribution in [0.3, 0.4) is 0 Å². The van der Waals surface area contributed by atoms with Crippen LogP contribution in [0.4, 0.5) is 10.1 Å². The Morgan fingerprint density at radius 3 is 2.63 bits per heavy atom. The van der Waals surface area contributed by atoms with Gasteiger partial charge in [-0.3, -0.25) is 14.6 Å². The zero-order valence-electron chi connectivity index (χ0n) is 10.4. The third-order valence-corrected chi connectivity index (χ3v) is 3.50. The summed E-state index contributed by atoms with van der Waals surface area (Å²) in [5.74, 6) is -1.90. The van der Waals surface area contributed by atoms with Crippen LogP contribution in [0.2, 0.25) is 0 Å². The lowest BCUT2D eigenvalue weighted by atomic mass is 9.82. The maximum Gasteiger partial charge on any atom is 0.310 e.